The number of aromatic amines is 1. The molecule has 2 aromatic heterocycles. The fraction of sp³-hybridized carbons (Fsp3) is 0.0667. The summed E-state index contributed by atoms with van der Waals surface area (Å²) in [6.07, 6.45) is -2.83. The Morgan fingerprint density at radius 2 is 1.79 bits per heavy atom. The molecular formula is C15H10BrF3N4O. The Hall–Kier alpha value is -2.55. The van der Waals surface area contributed by atoms with Gasteiger partial charge in [0.25, 0.3) is 0 Å². The number of alkyl halides is 3. The Morgan fingerprint density at radius 1 is 1.08 bits per heavy atom. The zero-order chi connectivity index (χ0) is 17.3. The van der Waals surface area contributed by atoms with Gasteiger partial charge >= 0.3 is 12.2 Å². The van der Waals surface area contributed by atoms with Crippen molar-refractivity contribution in [2.75, 3.05) is 10.6 Å². The van der Waals surface area contributed by atoms with Crippen molar-refractivity contribution in [2.45, 2.75) is 6.18 Å². The summed E-state index contributed by atoms with van der Waals surface area (Å²) in [6, 6.07) is 7.15. The summed E-state index contributed by atoms with van der Waals surface area (Å²) >= 11 is 3.25. The zero-order valence-corrected chi connectivity index (χ0v) is 13.5. The number of halogens is 4. The highest BCUT2D eigenvalue weighted by molar-refractivity contribution is 9.10. The van der Waals surface area contributed by atoms with Gasteiger partial charge < -0.3 is 15.6 Å². The van der Waals surface area contributed by atoms with Gasteiger partial charge in [-0.1, -0.05) is 0 Å². The van der Waals surface area contributed by atoms with Crippen LogP contribution < -0.4 is 10.6 Å². The molecule has 9 heteroatoms. The summed E-state index contributed by atoms with van der Waals surface area (Å²) in [6.45, 7) is 0. The zero-order valence-electron chi connectivity index (χ0n) is 11.9. The highest BCUT2D eigenvalue weighted by Gasteiger charge is 2.29. The van der Waals surface area contributed by atoms with Gasteiger partial charge in [-0.2, -0.15) is 13.2 Å². The van der Waals surface area contributed by atoms with Crippen LogP contribution in [0.3, 0.4) is 0 Å². The van der Waals surface area contributed by atoms with Crippen molar-refractivity contribution in [2.24, 2.45) is 0 Å². The molecule has 3 aromatic rings. The number of carbonyl (C=O) groups is 1. The third-order valence-corrected chi connectivity index (χ3v) is 3.65. The number of fused-ring (bicyclic) bond motifs is 1. The highest BCUT2D eigenvalue weighted by atomic mass is 79.9. The SMILES string of the molecule is O=C(Nc1ccc(C(F)(F)F)cc1)Nc1c[nH]c2ccc(Br)nc12. The van der Waals surface area contributed by atoms with Crippen LogP contribution in [0.4, 0.5) is 29.3 Å². The standard InChI is InChI=1S/C15H10BrF3N4O/c16-12-6-5-10-13(23-12)11(7-20-10)22-14(24)21-9-3-1-8(2-4-9)15(17,18)19/h1-7,20H,(H2,21,22,24). The molecule has 0 saturated heterocycles. The first-order chi connectivity index (χ1) is 11.3. The average Bonchev–Trinajstić information content (AvgIpc) is 2.89. The van der Waals surface area contributed by atoms with E-state index in [1.54, 1.807) is 18.3 Å². The second-order valence-electron chi connectivity index (χ2n) is 4.89. The molecule has 5 nitrogen and oxygen atoms in total. The summed E-state index contributed by atoms with van der Waals surface area (Å²) in [4.78, 5) is 19.2. The van der Waals surface area contributed by atoms with E-state index in [9.17, 15) is 18.0 Å². The first-order valence-electron chi connectivity index (χ1n) is 6.72. The summed E-state index contributed by atoms with van der Waals surface area (Å²) in [5.41, 5.74) is 1.22. The maximum Gasteiger partial charge on any atom is 0.416 e. The second-order valence-corrected chi connectivity index (χ2v) is 5.70. The maximum atomic E-state index is 12.5. The predicted molar refractivity (Wildman–Crippen MR) is 87.9 cm³/mol. The lowest BCUT2D eigenvalue weighted by Gasteiger charge is -2.09. The fourth-order valence-corrected chi connectivity index (χ4v) is 2.41. The number of carbonyl (C=O) groups excluding carboxylic acids is 1. The van der Waals surface area contributed by atoms with Gasteiger partial charge in [0.2, 0.25) is 0 Å². The molecule has 0 saturated carbocycles. The van der Waals surface area contributed by atoms with E-state index in [0.717, 1.165) is 17.6 Å². The van der Waals surface area contributed by atoms with E-state index in [-0.39, 0.29) is 5.69 Å². The molecule has 3 rings (SSSR count). The Kier molecular flexibility index (Phi) is 4.18. The van der Waals surface area contributed by atoms with Gasteiger partial charge in [-0.25, -0.2) is 9.78 Å². The number of amides is 2. The lowest BCUT2D eigenvalue weighted by Crippen LogP contribution is -2.19. The Morgan fingerprint density at radius 3 is 2.46 bits per heavy atom. The summed E-state index contributed by atoms with van der Waals surface area (Å²) < 4.78 is 38.1. The molecule has 0 fully saturated rings. The van der Waals surface area contributed by atoms with Crippen LogP contribution >= 0.6 is 15.9 Å². The number of pyridine rings is 1. The van der Waals surface area contributed by atoms with Crippen LogP contribution in [0.15, 0.2) is 47.2 Å². The maximum absolute atomic E-state index is 12.5. The fourth-order valence-electron chi connectivity index (χ4n) is 2.10. The van der Waals surface area contributed by atoms with Crippen LogP contribution in [0.5, 0.6) is 0 Å². The Balaban J connectivity index is 1.72. The molecule has 0 unspecified atom stereocenters. The lowest BCUT2D eigenvalue weighted by atomic mass is 10.2. The van der Waals surface area contributed by atoms with Crippen molar-refractivity contribution >= 4 is 44.4 Å². The van der Waals surface area contributed by atoms with Gasteiger partial charge in [-0.05, 0) is 52.3 Å². The number of nitrogens with one attached hydrogen (secondary N) is 3. The van der Waals surface area contributed by atoms with Crippen LogP contribution in [0, 0.1) is 0 Å². The molecule has 124 valence electrons. The average molecular weight is 399 g/mol. The van der Waals surface area contributed by atoms with Crippen LogP contribution in [0.2, 0.25) is 0 Å². The van der Waals surface area contributed by atoms with E-state index >= 15 is 0 Å². The Labute approximate surface area is 142 Å². The van der Waals surface area contributed by atoms with E-state index in [0.29, 0.717) is 15.8 Å². The predicted octanol–water partition coefficient (Wildman–Crippen LogP) is 4.99. The van der Waals surface area contributed by atoms with Crippen molar-refractivity contribution < 1.29 is 18.0 Å². The van der Waals surface area contributed by atoms with Gasteiger partial charge in [-0.3, -0.25) is 0 Å². The summed E-state index contributed by atoms with van der Waals surface area (Å²) in [5.74, 6) is 0. The normalized spacial score (nSPS) is 11.5. The van der Waals surface area contributed by atoms with E-state index in [2.05, 4.69) is 36.5 Å². The summed E-state index contributed by atoms with van der Waals surface area (Å²) in [7, 11) is 0. The molecule has 2 heterocycles. The largest absolute Gasteiger partial charge is 0.416 e. The van der Waals surface area contributed by atoms with Crippen LogP contribution in [-0.4, -0.2) is 16.0 Å². The highest BCUT2D eigenvalue weighted by Crippen LogP contribution is 2.30. The third-order valence-electron chi connectivity index (χ3n) is 3.21. The molecule has 0 atom stereocenters. The number of H-pyrrole nitrogens is 1. The molecule has 0 radical (unpaired) electrons. The van der Waals surface area contributed by atoms with Gasteiger partial charge in [0.15, 0.2) is 0 Å². The van der Waals surface area contributed by atoms with Gasteiger partial charge in [-0.15, -0.1) is 0 Å². The summed E-state index contributed by atoms with van der Waals surface area (Å²) in [5, 5.41) is 5.07. The van der Waals surface area contributed by atoms with Crippen molar-refractivity contribution in [3.05, 3.63) is 52.8 Å². The van der Waals surface area contributed by atoms with E-state index < -0.39 is 17.8 Å². The third kappa shape index (κ3) is 3.51. The first-order valence-corrected chi connectivity index (χ1v) is 7.51. The van der Waals surface area contributed by atoms with Gasteiger partial charge in [0.1, 0.15) is 10.1 Å². The molecular weight excluding hydrogens is 389 g/mol. The minimum absolute atomic E-state index is 0.245. The van der Waals surface area contributed by atoms with Crippen molar-refractivity contribution in [1.29, 1.82) is 0 Å². The molecule has 2 amide bonds. The van der Waals surface area contributed by atoms with Crippen molar-refractivity contribution in [3.8, 4) is 0 Å². The smallest absolute Gasteiger partial charge is 0.358 e. The minimum atomic E-state index is -4.41. The number of urea groups is 1. The molecule has 0 aliphatic rings. The number of anilines is 2. The van der Waals surface area contributed by atoms with Crippen LogP contribution in [0.25, 0.3) is 11.0 Å². The van der Waals surface area contributed by atoms with Crippen LogP contribution in [-0.2, 0) is 6.18 Å². The number of rotatable bonds is 2. The first kappa shape index (κ1) is 16.3. The molecule has 24 heavy (non-hydrogen) atoms. The van der Waals surface area contributed by atoms with Crippen LogP contribution in [0.1, 0.15) is 5.56 Å². The number of hydrogen-bond acceptors (Lipinski definition) is 2. The number of nitrogens with zero attached hydrogens (tertiary/aromatic N) is 1. The number of aromatic nitrogens is 2. The lowest BCUT2D eigenvalue weighted by molar-refractivity contribution is -0.137. The van der Waals surface area contributed by atoms with E-state index in [1.165, 1.54) is 12.1 Å². The van der Waals surface area contributed by atoms with E-state index in [1.807, 2.05) is 0 Å². The molecule has 0 aliphatic heterocycles. The Bertz CT molecular complexity index is 890. The molecule has 0 spiro atoms. The van der Waals surface area contributed by atoms with Gasteiger partial charge in [0.05, 0.1) is 16.8 Å². The van der Waals surface area contributed by atoms with Gasteiger partial charge in [0, 0.05) is 11.9 Å². The van der Waals surface area contributed by atoms with Crippen molar-refractivity contribution in [3.63, 3.8) is 0 Å². The number of benzene rings is 1. The molecule has 3 N–H and O–H groups in total. The minimum Gasteiger partial charge on any atom is -0.358 e. The molecule has 1 aromatic carbocycles. The number of hydrogen-bond donors (Lipinski definition) is 3. The second kappa shape index (κ2) is 6.16. The monoisotopic (exact) mass is 398 g/mol. The quantitative estimate of drug-likeness (QED) is 0.532. The molecule has 0 aliphatic carbocycles. The van der Waals surface area contributed by atoms with Crippen molar-refractivity contribution in [1.82, 2.24) is 9.97 Å². The van der Waals surface area contributed by atoms with E-state index in [4.69, 9.17) is 0 Å². The molecule has 0 bridgehead atoms. The topological polar surface area (TPSA) is 69.8 Å².